The Morgan fingerprint density at radius 1 is 1.35 bits per heavy atom. The van der Waals surface area contributed by atoms with Crippen molar-refractivity contribution in [1.82, 2.24) is 5.32 Å². The van der Waals surface area contributed by atoms with Crippen LogP contribution in [0.3, 0.4) is 0 Å². The highest BCUT2D eigenvalue weighted by molar-refractivity contribution is 9.10. The minimum atomic E-state index is 0.681. The number of methoxy groups -OCH3 is 1. The van der Waals surface area contributed by atoms with E-state index in [1.165, 1.54) is 15.7 Å². The Morgan fingerprint density at radius 2 is 2.10 bits per heavy atom. The highest BCUT2D eigenvalue weighted by Gasteiger charge is 2.05. The van der Waals surface area contributed by atoms with Crippen molar-refractivity contribution in [2.24, 2.45) is 5.92 Å². The van der Waals surface area contributed by atoms with Gasteiger partial charge in [-0.05, 0) is 36.6 Å². The lowest BCUT2D eigenvalue weighted by molar-refractivity contribution is 0.196. The molecule has 0 aliphatic rings. The Balaban J connectivity index is 2.53. The molecule has 0 aliphatic heterocycles. The second kappa shape index (κ2) is 9.37. The summed E-state index contributed by atoms with van der Waals surface area (Å²) in [6.07, 6.45) is 1.04. The van der Waals surface area contributed by atoms with Crippen LogP contribution in [0.5, 0.6) is 0 Å². The van der Waals surface area contributed by atoms with Gasteiger partial charge in [0.05, 0.1) is 0 Å². The Labute approximate surface area is 131 Å². The topological polar surface area (TPSA) is 24.5 Å². The lowest BCUT2D eigenvalue weighted by Gasteiger charge is -2.20. The molecule has 0 amide bonds. The van der Waals surface area contributed by atoms with E-state index in [0.717, 1.165) is 32.7 Å². The standard InChI is InChI=1S/C16H27BrN2O/c1-13(2)11-18-12-14-6-7-15(10-16(14)17)19(3)8-5-9-20-4/h6-7,10,13,18H,5,8-9,11-12H2,1-4H3. The van der Waals surface area contributed by atoms with Gasteiger partial charge in [-0.1, -0.05) is 35.8 Å². The first-order valence-electron chi connectivity index (χ1n) is 7.23. The van der Waals surface area contributed by atoms with Crippen molar-refractivity contribution < 1.29 is 4.74 Å². The highest BCUT2D eigenvalue weighted by Crippen LogP contribution is 2.23. The number of hydrogen-bond donors (Lipinski definition) is 1. The molecule has 0 fully saturated rings. The van der Waals surface area contributed by atoms with E-state index >= 15 is 0 Å². The predicted molar refractivity (Wildman–Crippen MR) is 90.4 cm³/mol. The van der Waals surface area contributed by atoms with Crippen LogP contribution >= 0.6 is 15.9 Å². The van der Waals surface area contributed by atoms with Crippen LogP contribution in [0.4, 0.5) is 5.69 Å². The zero-order valence-corrected chi connectivity index (χ0v) is 14.7. The molecule has 1 N–H and O–H groups in total. The van der Waals surface area contributed by atoms with Crippen molar-refractivity contribution in [2.75, 3.05) is 38.8 Å². The zero-order chi connectivity index (χ0) is 15.0. The van der Waals surface area contributed by atoms with E-state index in [9.17, 15) is 0 Å². The van der Waals surface area contributed by atoms with Crippen LogP contribution in [0.2, 0.25) is 0 Å². The molecule has 0 aliphatic carbocycles. The molecule has 0 bridgehead atoms. The van der Waals surface area contributed by atoms with Crippen LogP contribution < -0.4 is 10.2 Å². The maximum Gasteiger partial charge on any atom is 0.0479 e. The average Bonchev–Trinajstić information content (AvgIpc) is 2.40. The van der Waals surface area contributed by atoms with Gasteiger partial charge in [-0.2, -0.15) is 0 Å². The number of nitrogens with one attached hydrogen (secondary N) is 1. The molecule has 4 heteroatoms. The quantitative estimate of drug-likeness (QED) is 0.693. The summed E-state index contributed by atoms with van der Waals surface area (Å²) in [5, 5.41) is 3.47. The molecule has 20 heavy (non-hydrogen) atoms. The first kappa shape index (κ1) is 17.5. The van der Waals surface area contributed by atoms with E-state index in [0.29, 0.717) is 5.92 Å². The van der Waals surface area contributed by atoms with Crippen LogP contribution in [0.25, 0.3) is 0 Å². The highest BCUT2D eigenvalue weighted by atomic mass is 79.9. The molecule has 3 nitrogen and oxygen atoms in total. The van der Waals surface area contributed by atoms with E-state index in [2.05, 4.69) is 65.2 Å². The molecule has 0 saturated heterocycles. The van der Waals surface area contributed by atoms with Crippen molar-refractivity contribution in [3.8, 4) is 0 Å². The molecular weight excluding hydrogens is 316 g/mol. The van der Waals surface area contributed by atoms with E-state index in [-0.39, 0.29) is 0 Å². The van der Waals surface area contributed by atoms with Crippen molar-refractivity contribution in [3.63, 3.8) is 0 Å². The summed E-state index contributed by atoms with van der Waals surface area (Å²) < 4.78 is 6.26. The summed E-state index contributed by atoms with van der Waals surface area (Å²) in [4.78, 5) is 2.26. The Hall–Kier alpha value is -0.580. The summed E-state index contributed by atoms with van der Waals surface area (Å²) in [6, 6.07) is 6.57. The molecule has 0 unspecified atom stereocenters. The number of hydrogen-bond acceptors (Lipinski definition) is 3. The molecule has 0 atom stereocenters. The van der Waals surface area contributed by atoms with Gasteiger partial charge in [-0.3, -0.25) is 0 Å². The number of anilines is 1. The van der Waals surface area contributed by atoms with Gasteiger partial charge >= 0.3 is 0 Å². The first-order chi connectivity index (χ1) is 9.54. The zero-order valence-electron chi connectivity index (χ0n) is 13.1. The van der Waals surface area contributed by atoms with Gasteiger partial charge < -0.3 is 15.0 Å². The third-order valence-electron chi connectivity index (χ3n) is 3.19. The fraction of sp³-hybridized carbons (Fsp3) is 0.625. The fourth-order valence-electron chi connectivity index (χ4n) is 1.99. The Kier molecular flexibility index (Phi) is 8.19. The van der Waals surface area contributed by atoms with E-state index < -0.39 is 0 Å². The van der Waals surface area contributed by atoms with Crippen molar-refractivity contribution in [1.29, 1.82) is 0 Å². The Morgan fingerprint density at radius 3 is 2.70 bits per heavy atom. The van der Waals surface area contributed by atoms with Crippen LogP contribution in [0.1, 0.15) is 25.8 Å². The average molecular weight is 343 g/mol. The first-order valence-corrected chi connectivity index (χ1v) is 8.03. The predicted octanol–water partition coefficient (Wildman–Crippen LogP) is 3.67. The minimum Gasteiger partial charge on any atom is -0.385 e. The van der Waals surface area contributed by atoms with E-state index in [4.69, 9.17) is 4.74 Å². The van der Waals surface area contributed by atoms with Gasteiger partial charge in [0.15, 0.2) is 0 Å². The lowest BCUT2D eigenvalue weighted by atomic mass is 10.1. The molecule has 1 aromatic carbocycles. The third-order valence-corrected chi connectivity index (χ3v) is 3.93. The monoisotopic (exact) mass is 342 g/mol. The molecule has 114 valence electrons. The SMILES string of the molecule is COCCCN(C)c1ccc(CNCC(C)C)c(Br)c1. The Bertz CT molecular complexity index is 396. The second-order valence-corrected chi connectivity index (χ2v) is 6.42. The number of ether oxygens (including phenoxy) is 1. The number of halogens is 1. The summed E-state index contributed by atoms with van der Waals surface area (Å²) in [5.74, 6) is 0.681. The van der Waals surface area contributed by atoms with Gasteiger partial charge in [0.25, 0.3) is 0 Å². The fourth-order valence-corrected chi connectivity index (χ4v) is 2.49. The van der Waals surface area contributed by atoms with Gasteiger partial charge in [0, 0.05) is 44.0 Å². The van der Waals surface area contributed by atoms with Gasteiger partial charge in [0.1, 0.15) is 0 Å². The second-order valence-electron chi connectivity index (χ2n) is 5.57. The normalized spacial score (nSPS) is 11.1. The van der Waals surface area contributed by atoms with Crippen molar-refractivity contribution >= 4 is 21.6 Å². The number of benzene rings is 1. The lowest BCUT2D eigenvalue weighted by Crippen LogP contribution is -2.21. The summed E-state index contributed by atoms with van der Waals surface area (Å²) in [7, 11) is 3.86. The largest absolute Gasteiger partial charge is 0.385 e. The number of rotatable bonds is 9. The van der Waals surface area contributed by atoms with E-state index in [1.807, 2.05) is 0 Å². The molecular formula is C16H27BrN2O. The van der Waals surface area contributed by atoms with Gasteiger partial charge in [-0.25, -0.2) is 0 Å². The molecule has 1 rings (SSSR count). The molecule has 0 radical (unpaired) electrons. The third kappa shape index (κ3) is 6.25. The molecule has 0 saturated carbocycles. The molecule has 0 aromatic heterocycles. The van der Waals surface area contributed by atoms with E-state index in [1.54, 1.807) is 7.11 Å². The molecule has 1 aromatic rings. The van der Waals surface area contributed by atoms with Crippen LogP contribution in [-0.4, -0.2) is 33.9 Å². The van der Waals surface area contributed by atoms with Crippen LogP contribution in [0, 0.1) is 5.92 Å². The smallest absolute Gasteiger partial charge is 0.0479 e. The summed E-state index contributed by atoms with van der Waals surface area (Å²) in [5.41, 5.74) is 2.54. The van der Waals surface area contributed by atoms with Crippen molar-refractivity contribution in [2.45, 2.75) is 26.8 Å². The minimum absolute atomic E-state index is 0.681. The molecule has 0 spiro atoms. The summed E-state index contributed by atoms with van der Waals surface area (Å²) in [6.45, 7) is 8.21. The maximum atomic E-state index is 5.09. The van der Waals surface area contributed by atoms with Gasteiger partial charge in [0.2, 0.25) is 0 Å². The van der Waals surface area contributed by atoms with Gasteiger partial charge in [-0.15, -0.1) is 0 Å². The van der Waals surface area contributed by atoms with Crippen LogP contribution in [0.15, 0.2) is 22.7 Å². The van der Waals surface area contributed by atoms with Crippen molar-refractivity contribution in [3.05, 3.63) is 28.2 Å². The van der Waals surface area contributed by atoms with Crippen LogP contribution in [-0.2, 0) is 11.3 Å². The number of nitrogens with zero attached hydrogens (tertiary/aromatic N) is 1. The summed E-state index contributed by atoms with van der Waals surface area (Å²) >= 11 is 3.67. The molecule has 0 heterocycles. The maximum absolute atomic E-state index is 5.09.